The molecular formula is C28H30N4O2. The highest BCUT2D eigenvalue weighted by Crippen LogP contribution is 2.49. The van der Waals surface area contributed by atoms with Crippen molar-refractivity contribution in [2.75, 3.05) is 30.5 Å². The van der Waals surface area contributed by atoms with E-state index in [1.54, 1.807) is 12.2 Å². The number of rotatable bonds is 2. The Morgan fingerprint density at radius 3 is 2.21 bits per heavy atom. The molecule has 1 aliphatic carbocycles. The second kappa shape index (κ2) is 6.86. The molecule has 0 bridgehead atoms. The minimum Gasteiger partial charge on any atom is -0.871 e. The van der Waals surface area contributed by atoms with E-state index in [1.807, 2.05) is 60.0 Å². The summed E-state index contributed by atoms with van der Waals surface area (Å²) in [6.45, 7) is 8.33. The first kappa shape index (κ1) is 22.0. The van der Waals surface area contributed by atoms with E-state index in [0.29, 0.717) is 11.4 Å². The third-order valence-electron chi connectivity index (χ3n) is 7.65. The Morgan fingerprint density at radius 1 is 0.941 bits per heavy atom. The zero-order chi connectivity index (χ0) is 24.7. The second-order valence-electron chi connectivity index (χ2n) is 10.5. The lowest BCUT2D eigenvalue weighted by Crippen LogP contribution is -2.34. The van der Waals surface area contributed by atoms with Crippen molar-refractivity contribution in [3.8, 4) is 0 Å². The first-order valence-corrected chi connectivity index (χ1v) is 11.4. The fourth-order valence-electron chi connectivity index (χ4n) is 5.59. The minimum absolute atomic E-state index is 0.218. The Morgan fingerprint density at radius 2 is 1.56 bits per heavy atom. The molecule has 174 valence electrons. The molecule has 4 N–H and O–H groups in total. The number of benzene rings is 2. The molecule has 0 saturated carbocycles. The molecule has 3 aliphatic rings. The largest absolute Gasteiger partial charge is 0.871 e. The van der Waals surface area contributed by atoms with E-state index in [2.05, 4.69) is 27.7 Å². The van der Waals surface area contributed by atoms with E-state index in [0.717, 1.165) is 33.9 Å². The normalized spacial score (nSPS) is 22.5. The number of nitrogens with zero attached hydrogens (tertiary/aromatic N) is 2. The average molecular weight is 455 g/mol. The molecule has 0 saturated heterocycles. The number of hydrogen-bond acceptors (Lipinski definition) is 5. The third kappa shape index (κ3) is 2.81. The fourth-order valence-corrected chi connectivity index (χ4v) is 5.59. The summed E-state index contributed by atoms with van der Waals surface area (Å²) < 4.78 is 2.04. The number of anilines is 3. The van der Waals surface area contributed by atoms with Gasteiger partial charge in [-0.15, -0.1) is 0 Å². The monoisotopic (exact) mass is 454 g/mol. The molecule has 5 rings (SSSR count). The number of hydrogen-bond donors (Lipinski definition) is 2. The van der Waals surface area contributed by atoms with Crippen molar-refractivity contribution in [2.45, 2.75) is 38.5 Å². The van der Waals surface area contributed by atoms with Crippen molar-refractivity contribution < 1.29 is 14.5 Å². The third-order valence-corrected chi connectivity index (χ3v) is 7.65. The number of carbonyl (C=O) groups excluding carboxylic acids is 1. The van der Waals surface area contributed by atoms with E-state index in [-0.39, 0.29) is 33.5 Å². The van der Waals surface area contributed by atoms with Crippen molar-refractivity contribution in [3.63, 3.8) is 0 Å². The Labute approximate surface area is 200 Å². The van der Waals surface area contributed by atoms with Crippen LogP contribution in [0.1, 0.15) is 38.8 Å². The standard InChI is InChI=1S/C28H30N4O2/c1-27(2)19-11-15(29)7-9-21(19)31(5)23(27)13-17-25(33)18(26(17)34)14-24-28(3,4)20-12-16(30)8-10-22(20)32(24)6/h7-14H,1-6H3,(H4-,29,30,33,34). The minimum atomic E-state index is -0.378. The zero-order valence-corrected chi connectivity index (χ0v) is 20.5. The number of Topliss-reactive ketones (excluding diaryl/α,β-unsaturated/α-hetero) is 1. The number of carbonyl (C=O) groups is 1. The Bertz CT molecular complexity index is 1420. The van der Waals surface area contributed by atoms with Crippen LogP contribution in [0.15, 0.2) is 71.2 Å². The van der Waals surface area contributed by atoms with Gasteiger partial charge in [0.15, 0.2) is 11.5 Å². The summed E-state index contributed by atoms with van der Waals surface area (Å²) in [7, 11) is 3.91. The van der Waals surface area contributed by atoms with E-state index in [1.165, 1.54) is 0 Å². The van der Waals surface area contributed by atoms with Gasteiger partial charge < -0.3 is 21.5 Å². The lowest BCUT2D eigenvalue weighted by atomic mass is 9.77. The van der Waals surface area contributed by atoms with Gasteiger partial charge in [0.25, 0.3) is 0 Å². The van der Waals surface area contributed by atoms with Gasteiger partial charge in [-0.1, -0.05) is 19.6 Å². The predicted octanol–water partition coefficient (Wildman–Crippen LogP) is 3.29. The maximum absolute atomic E-state index is 13.2. The van der Waals surface area contributed by atoms with Gasteiger partial charge in [0, 0.05) is 64.1 Å². The van der Waals surface area contributed by atoms with Crippen LogP contribution in [0.25, 0.3) is 0 Å². The molecular weight excluding hydrogens is 424 g/mol. The highest BCUT2D eigenvalue weighted by molar-refractivity contribution is 6.24. The van der Waals surface area contributed by atoms with Crippen LogP contribution in [0, 0.1) is 0 Å². The fraction of sp³-hybridized carbons (Fsp3) is 0.286. The quantitative estimate of drug-likeness (QED) is 0.412. The van der Waals surface area contributed by atoms with Gasteiger partial charge in [0.05, 0.1) is 5.41 Å². The van der Waals surface area contributed by atoms with Crippen LogP contribution in [-0.2, 0) is 15.6 Å². The molecule has 0 atom stereocenters. The lowest BCUT2D eigenvalue weighted by molar-refractivity contribution is -0.401. The zero-order valence-electron chi connectivity index (χ0n) is 20.5. The molecule has 0 fully saturated rings. The van der Waals surface area contributed by atoms with Crippen LogP contribution in [0.4, 0.5) is 22.7 Å². The van der Waals surface area contributed by atoms with E-state index in [9.17, 15) is 9.90 Å². The molecule has 2 heterocycles. The van der Waals surface area contributed by atoms with Crippen molar-refractivity contribution in [1.29, 1.82) is 0 Å². The number of fused-ring (bicyclic) bond motifs is 2. The number of likely N-dealkylation sites (N-methyl/N-ethyl adjacent to an activating group) is 1. The highest BCUT2D eigenvalue weighted by Gasteiger charge is 2.45. The highest BCUT2D eigenvalue weighted by atomic mass is 16.3. The number of allylic oxidation sites excluding steroid dienone is 5. The van der Waals surface area contributed by atoms with Gasteiger partial charge in [0.1, 0.15) is 7.05 Å². The number of ketones is 1. The maximum Gasteiger partial charge on any atom is 0.209 e. The number of nitrogen functional groups attached to an aromatic ring is 2. The van der Waals surface area contributed by atoms with E-state index in [4.69, 9.17) is 11.5 Å². The SMILES string of the molecule is CN1/C(=C\C2=C([O-])C(=C\C3=[N+](C)c4ccc(N)cc4C3(C)C)/C2=O)C(C)(C)c2cc(N)ccc21. The van der Waals surface area contributed by atoms with Gasteiger partial charge in [-0.05, 0) is 55.8 Å². The molecule has 0 amide bonds. The van der Waals surface area contributed by atoms with Crippen LogP contribution < -0.4 is 21.5 Å². The Balaban J connectivity index is 1.55. The Hall–Kier alpha value is -3.80. The summed E-state index contributed by atoms with van der Waals surface area (Å²) >= 11 is 0. The topological polar surface area (TPSA) is 98.4 Å². The van der Waals surface area contributed by atoms with Gasteiger partial charge in [0.2, 0.25) is 5.69 Å². The molecule has 34 heavy (non-hydrogen) atoms. The van der Waals surface area contributed by atoms with Crippen LogP contribution in [0.2, 0.25) is 0 Å². The number of nitrogens with two attached hydrogens (primary N) is 2. The van der Waals surface area contributed by atoms with Crippen LogP contribution in [0.3, 0.4) is 0 Å². The summed E-state index contributed by atoms with van der Waals surface area (Å²) in [4.78, 5) is 15.2. The molecule has 0 unspecified atom stereocenters. The van der Waals surface area contributed by atoms with Crippen molar-refractivity contribution in [3.05, 3.63) is 82.3 Å². The Kier molecular flexibility index (Phi) is 4.44. The van der Waals surface area contributed by atoms with E-state index < -0.39 is 0 Å². The summed E-state index contributed by atoms with van der Waals surface area (Å²) in [6.07, 6.45) is 3.50. The predicted molar refractivity (Wildman–Crippen MR) is 135 cm³/mol. The summed E-state index contributed by atoms with van der Waals surface area (Å²) in [6, 6.07) is 11.6. The van der Waals surface area contributed by atoms with Crippen molar-refractivity contribution in [2.24, 2.45) is 0 Å². The molecule has 6 nitrogen and oxygen atoms in total. The molecule has 2 aromatic rings. The van der Waals surface area contributed by atoms with Gasteiger partial charge >= 0.3 is 0 Å². The van der Waals surface area contributed by atoms with E-state index >= 15 is 0 Å². The van der Waals surface area contributed by atoms with Gasteiger partial charge in [-0.3, -0.25) is 4.79 Å². The average Bonchev–Trinajstić information content (AvgIpc) is 3.07. The van der Waals surface area contributed by atoms with Crippen LogP contribution in [-0.4, -0.2) is 30.2 Å². The summed E-state index contributed by atoms with van der Waals surface area (Å²) in [5.41, 5.74) is 19.1. The first-order chi connectivity index (χ1) is 15.9. The van der Waals surface area contributed by atoms with Crippen molar-refractivity contribution in [1.82, 2.24) is 0 Å². The van der Waals surface area contributed by atoms with Crippen molar-refractivity contribution >= 4 is 34.2 Å². The van der Waals surface area contributed by atoms with Gasteiger partial charge in [-0.2, -0.15) is 4.58 Å². The molecule has 2 aromatic carbocycles. The molecule has 0 aromatic heterocycles. The molecule has 6 heteroatoms. The molecule has 0 radical (unpaired) electrons. The summed E-state index contributed by atoms with van der Waals surface area (Å²) in [5.74, 6) is -0.436. The second-order valence-corrected chi connectivity index (χ2v) is 10.5. The smallest absolute Gasteiger partial charge is 0.209 e. The summed E-state index contributed by atoms with van der Waals surface area (Å²) in [5, 5.41) is 13.2. The molecule has 0 spiro atoms. The van der Waals surface area contributed by atoms with Gasteiger partial charge in [-0.25, -0.2) is 0 Å². The maximum atomic E-state index is 13.2. The molecule has 2 aliphatic heterocycles. The first-order valence-electron chi connectivity index (χ1n) is 11.4. The van der Waals surface area contributed by atoms with Crippen LogP contribution >= 0.6 is 0 Å². The van der Waals surface area contributed by atoms with Crippen LogP contribution in [0.5, 0.6) is 0 Å². The lowest BCUT2D eigenvalue weighted by Gasteiger charge is -2.32.